The van der Waals surface area contributed by atoms with Crippen LogP contribution in [-0.4, -0.2) is 36.1 Å². The molecule has 1 aromatic carbocycles. The molecule has 1 N–H and O–H groups in total. The van der Waals surface area contributed by atoms with Crippen LogP contribution in [0.25, 0.3) is 0 Å². The Bertz CT molecular complexity index is 403. The summed E-state index contributed by atoms with van der Waals surface area (Å²) in [6, 6.07) is 6.42. The summed E-state index contributed by atoms with van der Waals surface area (Å²) in [6.07, 6.45) is 0.793. The molecule has 4 heteroatoms. The largest absolute Gasteiger partial charge is 0.481 e. The average Bonchev–Trinajstić information content (AvgIpc) is 2.34. The molecule has 0 heterocycles. The summed E-state index contributed by atoms with van der Waals surface area (Å²) in [5.74, 6) is -1.21. The van der Waals surface area contributed by atoms with E-state index in [0.717, 1.165) is 18.5 Å². The van der Waals surface area contributed by atoms with E-state index in [1.165, 1.54) is 12.1 Å². The van der Waals surface area contributed by atoms with E-state index in [1.807, 2.05) is 25.8 Å². The molecule has 0 radical (unpaired) electrons. The van der Waals surface area contributed by atoms with Crippen LogP contribution in [0.3, 0.4) is 0 Å². The lowest BCUT2D eigenvalue weighted by molar-refractivity contribution is -0.143. The highest BCUT2D eigenvalue weighted by Gasteiger charge is 2.22. The van der Waals surface area contributed by atoms with E-state index in [4.69, 9.17) is 5.11 Å². The number of hydrogen-bond donors (Lipinski definition) is 1. The van der Waals surface area contributed by atoms with Gasteiger partial charge in [0.25, 0.3) is 0 Å². The monoisotopic (exact) mass is 267 g/mol. The minimum absolute atomic E-state index is 0.116. The van der Waals surface area contributed by atoms with Gasteiger partial charge >= 0.3 is 5.97 Å². The lowest BCUT2D eigenvalue weighted by atomic mass is 9.95. The summed E-state index contributed by atoms with van der Waals surface area (Å²) < 4.78 is 12.8. The van der Waals surface area contributed by atoms with Crippen LogP contribution in [0.4, 0.5) is 4.39 Å². The zero-order valence-electron chi connectivity index (χ0n) is 11.8. The molecule has 1 unspecified atom stereocenters. The van der Waals surface area contributed by atoms with Crippen molar-refractivity contribution in [1.82, 2.24) is 4.90 Å². The highest BCUT2D eigenvalue weighted by molar-refractivity contribution is 5.70. The van der Waals surface area contributed by atoms with E-state index in [0.29, 0.717) is 6.54 Å². The number of carbonyl (C=O) groups is 1. The van der Waals surface area contributed by atoms with Crippen molar-refractivity contribution < 1.29 is 14.3 Å². The van der Waals surface area contributed by atoms with Crippen molar-refractivity contribution >= 4 is 5.97 Å². The third kappa shape index (κ3) is 5.39. The molecule has 19 heavy (non-hydrogen) atoms. The molecule has 1 atom stereocenters. The molecule has 0 saturated carbocycles. The molecule has 1 aromatic rings. The number of nitrogens with zero attached hydrogens (tertiary/aromatic N) is 1. The second-order valence-corrected chi connectivity index (χ2v) is 5.33. The van der Waals surface area contributed by atoms with Crippen molar-refractivity contribution in [2.24, 2.45) is 11.8 Å². The summed E-state index contributed by atoms with van der Waals surface area (Å²) in [4.78, 5) is 13.1. The fraction of sp³-hybridized carbons (Fsp3) is 0.533. The lowest BCUT2D eigenvalue weighted by Crippen LogP contribution is -2.34. The Hall–Kier alpha value is -1.42. The fourth-order valence-corrected chi connectivity index (χ4v) is 1.97. The topological polar surface area (TPSA) is 40.5 Å². The Labute approximate surface area is 114 Å². The van der Waals surface area contributed by atoms with Crippen LogP contribution in [0.5, 0.6) is 0 Å². The van der Waals surface area contributed by atoms with Crippen LogP contribution in [0.1, 0.15) is 19.4 Å². The van der Waals surface area contributed by atoms with Gasteiger partial charge in [-0.25, -0.2) is 4.39 Å². The van der Waals surface area contributed by atoms with E-state index in [9.17, 15) is 9.18 Å². The summed E-state index contributed by atoms with van der Waals surface area (Å²) in [5.41, 5.74) is 1.06. The number of carboxylic acids is 1. The van der Waals surface area contributed by atoms with Crippen molar-refractivity contribution in [3.63, 3.8) is 0 Å². The minimum atomic E-state index is -0.747. The second-order valence-electron chi connectivity index (χ2n) is 5.33. The first-order valence-corrected chi connectivity index (χ1v) is 6.56. The molecule has 0 aliphatic rings. The second kappa shape index (κ2) is 7.24. The van der Waals surface area contributed by atoms with E-state index in [2.05, 4.69) is 0 Å². The van der Waals surface area contributed by atoms with Gasteiger partial charge in [0.15, 0.2) is 0 Å². The summed E-state index contributed by atoms with van der Waals surface area (Å²) in [6.45, 7) is 5.15. The number of halogens is 1. The maximum atomic E-state index is 12.8. The molecule has 0 aromatic heterocycles. The summed E-state index contributed by atoms with van der Waals surface area (Å²) >= 11 is 0. The van der Waals surface area contributed by atoms with Crippen molar-refractivity contribution in [2.75, 3.05) is 20.1 Å². The number of likely N-dealkylation sites (N-methyl/N-ethyl adjacent to an activating group) is 1. The molecule has 0 saturated heterocycles. The zero-order valence-corrected chi connectivity index (χ0v) is 11.8. The zero-order chi connectivity index (χ0) is 14.4. The molecule has 0 bridgehead atoms. The predicted octanol–water partition coefficient (Wildman–Crippen LogP) is 2.66. The standard InChI is InChI=1S/C15H22FNO2/c1-11(2)14(15(18)19)10-17(3)9-8-12-4-6-13(16)7-5-12/h4-7,11,14H,8-10H2,1-3H3,(H,18,19). The average molecular weight is 267 g/mol. The van der Waals surface area contributed by atoms with Gasteiger partial charge in [-0.15, -0.1) is 0 Å². The molecular formula is C15H22FNO2. The minimum Gasteiger partial charge on any atom is -0.481 e. The third-order valence-corrected chi connectivity index (χ3v) is 3.33. The Morgan fingerprint density at radius 3 is 2.37 bits per heavy atom. The smallest absolute Gasteiger partial charge is 0.308 e. The maximum Gasteiger partial charge on any atom is 0.308 e. The van der Waals surface area contributed by atoms with E-state index >= 15 is 0 Å². The maximum absolute atomic E-state index is 12.8. The van der Waals surface area contributed by atoms with Gasteiger partial charge in [0, 0.05) is 13.1 Å². The van der Waals surface area contributed by atoms with Gasteiger partial charge in [-0.3, -0.25) is 4.79 Å². The molecule has 0 spiro atoms. The quantitative estimate of drug-likeness (QED) is 0.825. The molecule has 0 amide bonds. The van der Waals surface area contributed by atoms with Gasteiger partial charge in [0.05, 0.1) is 5.92 Å². The van der Waals surface area contributed by atoms with Crippen LogP contribution in [0.15, 0.2) is 24.3 Å². The van der Waals surface area contributed by atoms with Crippen molar-refractivity contribution in [3.8, 4) is 0 Å². The Morgan fingerprint density at radius 2 is 1.89 bits per heavy atom. The van der Waals surface area contributed by atoms with Gasteiger partial charge in [0.1, 0.15) is 5.82 Å². The van der Waals surface area contributed by atoms with Gasteiger partial charge < -0.3 is 10.0 Å². The first-order chi connectivity index (χ1) is 8.90. The van der Waals surface area contributed by atoms with Crippen LogP contribution in [0.2, 0.25) is 0 Å². The number of benzene rings is 1. The Balaban J connectivity index is 2.44. The van der Waals surface area contributed by atoms with Crippen LogP contribution >= 0.6 is 0 Å². The normalized spacial score (nSPS) is 12.9. The molecule has 0 aliphatic carbocycles. The van der Waals surface area contributed by atoms with Crippen molar-refractivity contribution in [3.05, 3.63) is 35.6 Å². The molecular weight excluding hydrogens is 245 g/mol. The number of carboxylic acid groups (broad SMARTS) is 1. The van der Waals surface area contributed by atoms with Gasteiger partial charge in [0.2, 0.25) is 0 Å². The van der Waals surface area contributed by atoms with Crippen LogP contribution in [0, 0.1) is 17.7 Å². The molecule has 0 aliphatic heterocycles. The van der Waals surface area contributed by atoms with Crippen LogP contribution in [-0.2, 0) is 11.2 Å². The number of rotatable bonds is 7. The lowest BCUT2D eigenvalue weighted by Gasteiger charge is -2.23. The molecule has 1 rings (SSSR count). The van der Waals surface area contributed by atoms with Gasteiger partial charge in [-0.2, -0.15) is 0 Å². The van der Waals surface area contributed by atoms with E-state index < -0.39 is 5.97 Å². The first kappa shape index (κ1) is 15.6. The van der Waals surface area contributed by atoms with Gasteiger partial charge in [-0.05, 0) is 37.1 Å². The summed E-state index contributed by atoms with van der Waals surface area (Å²) in [7, 11) is 1.92. The third-order valence-electron chi connectivity index (χ3n) is 3.33. The molecule has 0 fully saturated rings. The van der Waals surface area contributed by atoms with Crippen molar-refractivity contribution in [1.29, 1.82) is 0 Å². The van der Waals surface area contributed by atoms with E-state index in [1.54, 1.807) is 12.1 Å². The van der Waals surface area contributed by atoms with E-state index in [-0.39, 0.29) is 17.7 Å². The highest BCUT2D eigenvalue weighted by atomic mass is 19.1. The van der Waals surface area contributed by atoms with Crippen molar-refractivity contribution in [2.45, 2.75) is 20.3 Å². The fourth-order valence-electron chi connectivity index (χ4n) is 1.97. The number of hydrogen-bond acceptors (Lipinski definition) is 2. The Morgan fingerprint density at radius 1 is 1.32 bits per heavy atom. The molecule has 3 nitrogen and oxygen atoms in total. The summed E-state index contributed by atoms with van der Waals surface area (Å²) in [5, 5.41) is 9.14. The predicted molar refractivity (Wildman–Crippen MR) is 73.6 cm³/mol. The highest BCUT2D eigenvalue weighted by Crippen LogP contribution is 2.13. The van der Waals surface area contributed by atoms with Gasteiger partial charge in [-0.1, -0.05) is 26.0 Å². The first-order valence-electron chi connectivity index (χ1n) is 6.56. The Kier molecular flexibility index (Phi) is 5.96. The molecule has 106 valence electrons. The number of aliphatic carboxylic acids is 1. The van der Waals surface area contributed by atoms with Crippen LogP contribution < -0.4 is 0 Å². The SMILES string of the molecule is CC(C)C(CN(C)CCc1ccc(F)cc1)C(=O)O.